The third-order valence-corrected chi connectivity index (χ3v) is 8.01. The molecule has 1 unspecified atom stereocenters. The molecule has 0 radical (unpaired) electrons. The van der Waals surface area contributed by atoms with Crippen LogP contribution in [0.25, 0.3) is 28.2 Å². The zero-order valence-electron chi connectivity index (χ0n) is 22.1. The van der Waals surface area contributed by atoms with Crippen LogP contribution < -0.4 is 10.1 Å². The number of para-hydroxylation sites is 1. The van der Waals surface area contributed by atoms with E-state index in [1.54, 1.807) is 47.2 Å². The van der Waals surface area contributed by atoms with Crippen molar-refractivity contribution in [3.63, 3.8) is 0 Å². The average molecular weight is 554 g/mol. The Bertz CT molecular complexity index is 1780. The monoisotopic (exact) mass is 553 g/mol. The van der Waals surface area contributed by atoms with Crippen molar-refractivity contribution in [2.45, 2.75) is 38.1 Å². The van der Waals surface area contributed by atoms with Crippen molar-refractivity contribution in [2.24, 2.45) is 5.41 Å². The van der Waals surface area contributed by atoms with E-state index in [1.165, 1.54) is 18.3 Å². The number of hydrogen-bond donors (Lipinski definition) is 1. The lowest BCUT2D eigenvalue weighted by Crippen LogP contribution is -2.36. The van der Waals surface area contributed by atoms with E-state index in [-0.39, 0.29) is 29.1 Å². The number of amides is 1. The van der Waals surface area contributed by atoms with Crippen molar-refractivity contribution in [1.82, 2.24) is 35.0 Å². The molecule has 0 aliphatic heterocycles. The van der Waals surface area contributed by atoms with Crippen molar-refractivity contribution < 1.29 is 18.3 Å². The predicted molar refractivity (Wildman–Crippen MR) is 145 cm³/mol. The number of halogens is 2. The molecule has 1 spiro atoms. The maximum atomic E-state index is 15.0. The smallest absolute Gasteiger partial charge is 0.253 e. The Morgan fingerprint density at radius 2 is 1.90 bits per heavy atom. The van der Waals surface area contributed by atoms with Crippen LogP contribution in [0.15, 0.2) is 67.1 Å². The van der Waals surface area contributed by atoms with Gasteiger partial charge < -0.3 is 10.1 Å². The first kappa shape index (κ1) is 25.2. The first-order valence-corrected chi connectivity index (χ1v) is 13.5. The molecule has 4 heterocycles. The topological polar surface area (TPSA) is 108 Å². The second kappa shape index (κ2) is 9.69. The molecule has 9 nitrogen and oxygen atoms in total. The van der Waals surface area contributed by atoms with Crippen molar-refractivity contribution in [1.29, 1.82) is 0 Å². The Kier molecular flexibility index (Phi) is 5.95. The molecule has 1 aromatic carbocycles. The van der Waals surface area contributed by atoms with Crippen molar-refractivity contribution in [3.8, 4) is 23.0 Å². The number of aromatic nitrogens is 6. The van der Waals surface area contributed by atoms with Crippen LogP contribution in [0.4, 0.5) is 8.78 Å². The van der Waals surface area contributed by atoms with Crippen LogP contribution in [0.2, 0.25) is 0 Å². The highest BCUT2D eigenvalue weighted by Crippen LogP contribution is 2.66. The lowest BCUT2D eigenvalue weighted by molar-refractivity contribution is 0.0934. The fraction of sp³-hybridized carbons (Fsp3) is 0.267. The maximum absolute atomic E-state index is 15.0. The third kappa shape index (κ3) is 4.37. The van der Waals surface area contributed by atoms with Crippen LogP contribution in [0.1, 0.15) is 48.3 Å². The summed E-state index contributed by atoms with van der Waals surface area (Å²) < 4.78 is 35.9. The molecule has 2 fully saturated rings. The number of ether oxygens (including phenoxy) is 1. The van der Waals surface area contributed by atoms with Crippen LogP contribution in [-0.2, 0) is 0 Å². The van der Waals surface area contributed by atoms with Crippen molar-refractivity contribution >= 4 is 16.9 Å². The minimum Gasteiger partial charge on any atom is -0.492 e. The zero-order valence-corrected chi connectivity index (χ0v) is 22.1. The van der Waals surface area contributed by atoms with E-state index in [0.29, 0.717) is 52.0 Å². The molecule has 1 atom stereocenters. The minimum absolute atomic E-state index is 0.00741. The minimum atomic E-state index is -0.506. The van der Waals surface area contributed by atoms with Gasteiger partial charge in [0.1, 0.15) is 34.4 Å². The summed E-state index contributed by atoms with van der Waals surface area (Å²) in [6.45, 7) is 2.42. The summed E-state index contributed by atoms with van der Waals surface area (Å²) in [7, 11) is 0. The van der Waals surface area contributed by atoms with Gasteiger partial charge >= 0.3 is 0 Å². The highest BCUT2D eigenvalue weighted by atomic mass is 19.1. The summed E-state index contributed by atoms with van der Waals surface area (Å²) >= 11 is 0. The SMILES string of the molecule is CCOc1ccc(-c2nnc(C3CC4(C3)CC4NC(=O)c3ccnc4cc(F)cnc34)n2-c2ccccc2F)nc1. The Hall–Kier alpha value is -4.80. The molecule has 0 saturated heterocycles. The quantitative estimate of drug-likeness (QED) is 0.302. The highest BCUT2D eigenvalue weighted by molar-refractivity contribution is 6.04. The van der Waals surface area contributed by atoms with Gasteiger partial charge in [-0.1, -0.05) is 12.1 Å². The van der Waals surface area contributed by atoms with Gasteiger partial charge in [0.05, 0.1) is 35.8 Å². The Balaban J connectivity index is 1.12. The Morgan fingerprint density at radius 3 is 2.68 bits per heavy atom. The van der Waals surface area contributed by atoms with E-state index in [0.717, 1.165) is 25.5 Å². The predicted octanol–water partition coefficient (Wildman–Crippen LogP) is 5.02. The summed E-state index contributed by atoms with van der Waals surface area (Å²) in [5, 5.41) is 12.0. The highest BCUT2D eigenvalue weighted by Gasteiger charge is 2.63. The van der Waals surface area contributed by atoms with Gasteiger partial charge in [-0.05, 0) is 61.9 Å². The molecule has 2 aliphatic carbocycles. The zero-order chi connectivity index (χ0) is 28.1. The molecule has 206 valence electrons. The molecule has 2 aliphatic rings. The van der Waals surface area contributed by atoms with Crippen molar-refractivity contribution in [3.05, 3.63) is 90.1 Å². The third-order valence-electron chi connectivity index (χ3n) is 8.01. The molecule has 7 rings (SSSR count). The average Bonchev–Trinajstić information content (AvgIpc) is 3.51. The van der Waals surface area contributed by atoms with E-state index in [1.807, 2.05) is 6.92 Å². The number of carbonyl (C=O) groups is 1. The first-order chi connectivity index (χ1) is 20.0. The Morgan fingerprint density at radius 1 is 1.05 bits per heavy atom. The number of rotatable bonds is 7. The van der Waals surface area contributed by atoms with Gasteiger partial charge in [-0.2, -0.15) is 0 Å². The molecule has 4 aromatic heterocycles. The number of pyridine rings is 3. The van der Waals surface area contributed by atoms with E-state index >= 15 is 4.39 Å². The lowest BCUT2D eigenvalue weighted by atomic mass is 9.70. The summed E-state index contributed by atoms with van der Waals surface area (Å²) in [5.74, 6) is 0.627. The first-order valence-electron chi connectivity index (χ1n) is 13.5. The van der Waals surface area contributed by atoms with E-state index in [9.17, 15) is 9.18 Å². The van der Waals surface area contributed by atoms with Crippen LogP contribution >= 0.6 is 0 Å². The maximum Gasteiger partial charge on any atom is 0.253 e. The number of nitrogens with one attached hydrogen (secondary N) is 1. The molecular weight excluding hydrogens is 528 g/mol. The van der Waals surface area contributed by atoms with Crippen LogP contribution in [0.3, 0.4) is 0 Å². The molecule has 11 heteroatoms. The van der Waals surface area contributed by atoms with E-state index in [4.69, 9.17) is 4.74 Å². The number of nitrogens with zero attached hydrogens (tertiary/aromatic N) is 6. The lowest BCUT2D eigenvalue weighted by Gasteiger charge is -2.36. The molecule has 2 saturated carbocycles. The number of carbonyl (C=O) groups excluding carboxylic acids is 1. The fourth-order valence-electron chi connectivity index (χ4n) is 5.89. The largest absolute Gasteiger partial charge is 0.492 e. The van der Waals surface area contributed by atoms with Gasteiger partial charge in [-0.25, -0.2) is 13.8 Å². The summed E-state index contributed by atoms with van der Waals surface area (Å²) in [4.78, 5) is 25.8. The van der Waals surface area contributed by atoms with Crippen LogP contribution in [-0.4, -0.2) is 48.3 Å². The van der Waals surface area contributed by atoms with Crippen LogP contribution in [0, 0.1) is 17.0 Å². The second-order valence-corrected chi connectivity index (χ2v) is 10.6. The molecule has 0 bridgehead atoms. The van der Waals surface area contributed by atoms with Gasteiger partial charge in [0.2, 0.25) is 0 Å². The van der Waals surface area contributed by atoms with E-state index in [2.05, 4.69) is 30.5 Å². The number of fused-ring (bicyclic) bond motifs is 1. The molecule has 1 amide bonds. The molecule has 5 aromatic rings. The normalized spacial score (nSPS) is 21.0. The van der Waals surface area contributed by atoms with Crippen LogP contribution in [0.5, 0.6) is 5.75 Å². The summed E-state index contributed by atoms with van der Waals surface area (Å²) in [6.07, 6.45) is 6.57. The Labute approximate surface area is 233 Å². The second-order valence-electron chi connectivity index (χ2n) is 10.6. The van der Waals surface area contributed by atoms with Gasteiger partial charge in [0.25, 0.3) is 5.91 Å². The number of hydrogen-bond acceptors (Lipinski definition) is 7. The molecule has 1 N–H and O–H groups in total. The van der Waals surface area contributed by atoms with E-state index < -0.39 is 5.82 Å². The molecule has 41 heavy (non-hydrogen) atoms. The summed E-state index contributed by atoms with van der Waals surface area (Å²) in [6, 6.07) is 13.0. The standard InChI is InChI=1S/C30H25F2N7O2/c1-2-41-19-7-8-22(34-16-19)28-38-37-27(39(28)24-6-4-3-5-21(24)32)17-12-30(13-17)14-25(30)36-29(40)20-9-10-33-23-11-18(31)15-35-26(20)23/h3-11,15-17,25H,2,12-14H2,1H3,(H,36,40). The van der Waals surface area contributed by atoms with Gasteiger partial charge in [0, 0.05) is 24.2 Å². The van der Waals surface area contributed by atoms with Gasteiger partial charge in [-0.3, -0.25) is 19.3 Å². The van der Waals surface area contributed by atoms with Gasteiger partial charge in [0.15, 0.2) is 5.82 Å². The fourth-order valence-corrected chi connectivity index (χ4v) is 5.89. The van der Waals surface area contributed by atoms with Gasteiger partial charge in [-0.15, -0.1) is 10.2 Å². The van der Waals surface area contributed by atoms with Crippen molar-refractivity contribution in [2.75, 3.05) is 6.61 Å². The summed E-state index contributed by atoms with van der Waals surface area (Å²) in [5.41, 5.74) is 1.91. The number of benzene rings is 1. The molecular formula is C30H25F2N7O2.